The molecule has 0 aliphatic heterocycles. The van der Waals surface area contributed by atoms with Gasteiger partial charge in [0.25, 0.3) is 0 Å². The summed E-state index contributed by atoms with van der Waals surface area (Å²) >= 11 is 0. The van der Waals surface area contributed by atoms with Crippen LogP contribution in [-0.4, -0.2) is 31.6 Å². The van der Waals surface area contributed by atoms with Gasteiger partial charge in [0.15, 0.2) is 0 Å². The van der Waals surface area contributed by atoms with E-state index in [9.17, 15) is 0 Å². The summed E-state index contributed by atoms with van der Waals surface area (Å²) in [7, 11) is 2.15. The van der Waals surface area contributed by atoms with E-state index in [4.69, 9.17) is 10.5 Å². The summed E-state index contributed by atoms with van der Waals surface area (Å²) in [6, 6.07) is 8.58. The lowest BCUT2D eigenvalue weighted by Crippen LogP contribution is -2.33. The van der Waals surface area contributed by atoms with E-state index in [-0.39, 0.29) is 6.04 Å². The average Bonchev–Trinajstić information content (AvgIpc) is 2.41. The van der Waals surface area contributed by atoms with Crippen LogP contribution in [0.3, 0.4) is 0 Å². The van der Waals surface area contributed by atoms with Crippen molar-refractivity contribution >= 4 is 0 Å². The van der Waals surface area contributed by atoms with Gasteiger partial charge in [-0.25, -0.2) is 0 Å². The van der Waals surface area contributed by atoms with Crippen LogP contribution in [0, 0.1) is 5.92 Å². The van der Waals surface area contributed by atoms with Crippen molar-refractivity contribution in [3.8, 4) is 5.75 Å². The van der Waals surface area contributed by atoms with E-state index in [1.165, 1.54) is 12.0 Å². The zero-order chi connectivity index (χ0) is 14.3. The van der Waals surface area contributed by atoms with Gasteiger partial charge in [-0.05, 0) is 37.6 Å². The first-order valence-electron chi connectivity index (χ1n) is 7.25. The molecule has 2 N–H and O–H groups in total. The highest BCUT2D eigenvalue weighted by Crippen LogP contribution is 2.22. The first-order chi connectivity index (χ1) is 9.12. The number of nitrogens with zero attached hydrogens (tertiary/aromatic N) is 1. The lowest BCUT2D eigenvalue weighted by molar-refractivity contribution is 0.215. The summed E-state index contributed by atoms with van der Waals surface area (Å²) in [5.74, 6) is 1.62. The number of likely N-dealkylation sites (N-methyl/N-ethyl adjacent to an activating group) is 1. The first kappa shape index (κ1) is 16.0. The number of rotatable bonds is 8. The Balaban J connectivity index is 2.72. The van der Waals surface area contributed by atoms with Crippen LogP contribution in [0.15, 0.2) is 24.3 Å². The second-order valence-electron chi connectivity index (χ2n) is 5.21. The molecule has 0 saturated heterocycles. The topological polar surface area (TPSA) is 38.5 Å². The van der Waals surface area contributed by atoms with Crippen molar-refractivity contribution in [3.63, 3.8) is 0 Å². The molecule has 0 aliphatic rings. The lowest BCUT2D eigenvalue weighted by Gasteiger charge is -2.29. The van der Waals surface area contributed by atoms with Crippen LogP contribution < -0.4 is 10.5 Å². The van der Waals surface area contributed by atoms with E-state index < -0.39 is 0 Å². The van der Waals surface area contributed by atoms with Gasteiger partial charge in [-0.15, -0.1) is 0 Å². The highest BCUT2D eigenvalue weighted by molar-refractivity contribution is 5.29. The van der Waals surface area contributed by atoms with Gasteiger partial charge in [0, 0.05) is 19.1 Å². The third kappa shape index (κ3) is 4.84. The molecule has 3 heteroatoms. The molecule has 1 aromatic rings. The molecule has 0 saturated carbocycles. The molecule has 19 heavy (non-hydrogen) atoms. The number of nitrogens with two attached hydrogens (primary N) is 1. The molecular weight excluding hydrogens is 236 g/mol. The summed E-state index contributed by atoms with van der Waals surface area (Å²) < 4.78 is 5.47. The van der Waals surface area contributed by atoms with Gasteiger partial charge in [0.05, 0.1) is 6.61 Å². The predicted molar refractivity (Wildman–Crippen MR) is 81.5 cm³/mol. The van der Waals surface area contributed by atoms with Gasteiger partial charge in [0.1, 0.15) is 5.75 Å². The van der Waals surface area contributed by atoms with Crippen molar-refractivity contribution in [2.75, 3.05) is 26.7 Å². The summed E-state index contributed by atoms with van der Waals surface area (Å²) in [6.45, 7) is 8.92. The Morgan fingerprint density at radius 1 is 1.21 bits per heavy atom. The molecule has 1 aromatic carbocycles. The molecule has 0 fully saturated rings. The van der Waals surface area contributed by atoms with Crippen molar-refractivity contribution in [3.05, 3.63) is 29.8 Å². The maximum absolute atomic E-state index is 5.95. The molecule has 0 spiro atoms. The van der Waals surface area contributed by atoms with Gasteiger partial charge in [-0.1, -0.05) is 32.4 Å². The molecule has 0 heterocycles. The van der Waals surface area contributed by atoms with Gasteiger partial charge in [-0.3, -0.25) is 4.90 Å². The fraction of sp³-hybridized carbons (Fsp3) is 0.625. The summed E-state index contributed by atoms with van der Waals surface area (Å²) in [5, 5.41) is 0. The minimum absolute atomic E-state index is 0.282. The van der Waals surface area contributed by atoms with Crippen LogP contribution in [0.2, 0.25) is 0 Å². The minimum Gasteiger partial charge on any atom is -0.494 e. The second kappa shape index (κ2) is 8.18. The Morgan fingerprint density at radius 2 is 1.84 bits per heavy atom. The predicted octanol–water partition coefficient (Wildman–Crippen LogP) is 3.06. The highest BCUT2D eigenvalue weighted by atomic mass is 16.5. The molecule has 0 radical (unpaired) electrons. The fourth-order valence-electron chi connectivity index (χ4n) is 2.27. The van der Waals surface area contributed by atoms with Gasteiger partial charge in [0.2, 0.25) is 0 Å². The van der Waals surface area contributed by atoms with Crippen LogP contribution >= 0.6 is 0 Å². The van der Waals surface area contributed by atoms with Crippen LogP contribution in [-0.2, 0) is 0 Å². The van der Waals surface area contributed by atoms with Gasteiger partial charge in [-0.2, -0.15) is 0 Å². The lowest BCUT2D eigenvalue weighted by atomic mass is 10.0. The van der Waals surface area contributed by atoms with Crippen molar-refractivity contribution in [1.82, 2.24) is 4.90 Å². The van der Waals surface area contributed by atoms with Crippen LogP contribution in [0.1, 0.15) is 38.8 Å². The molecule has 0 bridgehead atoms. The zero-order valence-electron chi connectivity index (χ0n) is 12.7. The maximum atomic E-state index is 5.95. The SMILES string of the molecule is CCOc1ccc(C(CN)N(C)CC(C)CC)cc1. The summed E-state index contributed by atoms with van der Waals surface area (Å²) in [5.41, 5.74) is 7.21. The van der Waals surface area contributed by atoms with Crippen LogP contribution in [0.25, 0.3) is 0 Å². The van der Waals surface area contributed by atoms with E-state index in [0.29, 0.717) is 19.1 Å². The van der Waals surface area contributed by atoms with Crippen molar-refractivity contribution in [1.29, 1.82) is 0 Å². The van der Waals surface area contributed by atoms with Crippen LogP contribution in [0.5, 0.6) is 5.75 Å². The molecule has 0 aromatic heterocycles. The highest BCUT2D eigenvalue weighted by Gasteiger charge is 2.16. The molecule has 2 atom stereocenters. The van der Waals surface area contributed by atoms with E-state index in [1.807, 2.05) is 19.1 Å². The molecule has 0 aliphatic carbocycles. The van der Waals surface area contributed by atoms with Crippen molar-refractivity contribution in [2.24, 2.45) is 11.7 Å². The molecule has 3 nitrogen and oxygen atoms in total. The first-order valence-corrected chi connectivity index (χ1v) is 7.25. The third-order valence-corrected chi connectivity index (χ3v) is 3.63. The number of hydrogen-bond acceptors (Lipinski definition) is 3. The number of ether oxygens (including phenoxy) is 1. The third-order valence-electron chi connectivity index (χ3n) is 3.63. The Labute approximate surface area is 117 Å². The molecule has 2 unspecified atom stereocenters. The quantitative estimate of drug-likeness (QED) is 0.784. The smallest absolute Gasteiger partial charge is 0.119 e. The minimum atomic E-state index is 0.282. The van der Waals surface area contributed by atoms with E-state index in [2.05, 4.69) is 37.9 Å². The summed E-state index contributed by atoms with van der Waals surface area (Å²) in [6.07, 6.45) is 1.20. The van der Waals surface area contributed by atoms with Crippen LogP contribution in [0.4, 0.5) is 0 Å². The standard InChI is InChI=1S/C16H28N2O/c1-5-13(3)12-18(4)16(11-17)14-7-9-15(10-8-14)19-6-2/h7-10,13,16H,5-6,11-12,17H2,1-4H3. The van der Waals surface area contributed by atoms with E-state index in [1.54, 1.807) is 0 Å². The summed E-state index contributed by atoms with van der Waals surface area (Å²) in [4.78, 5) is 2.35. The van der Waals surface area contributed by atoms with Gasteiger partial charge >= 0.3 is 0 Å². The average molecular weight is 264 g/mol. The Bertz CT molecular complexity index is 350. The van der Waals surface area contributed by atoms with Crippen molar-refractivity contribution in [2.45, 2.75) is 33.2 Å². The number of hydrogen-bond donors (Lipinski definition) is 1. The molecule has 0 amide bonds. The normalized spacial score (nSPS) is 14.4. The monoisotopic (exact) mass is 264 g/mol. The van der Waals surface area contributed by atoms with Crippen molar-refractivity contribution < 1.29 is 4.74 Å². The molecular formula is C16H28N2O. The Hall–Kier alpha value is -1.06. The molecule has 108 valence electrons. The van der Waals surface area contributed by atoms with E-state index in [0.717, 1.165) is 12.3 Å². The Kier molecular flexibility index (Phi) is 6.89. The molecule has 1 rings (SSSR count). The number of benzene rings is 1. The van der Waals surface area contributed by atoms with E-state index >= 15 is 0 Å². The Morgan fingerprint density at radius 3 is 2.32 bits per heavy atom. The second-order valence-corrected chi connectivity index (χ2v) is 5.21. The zero-order valence-corrected chi connectivity index (χ0v) is 12.7. The largest absolute Gasteiger partial charge is 0.494 e. The van der Waals surface area contributed by atoms with Gasteiger partial charge < -0.3 is 10.5 Å². The maximum Gasteiger partial charge on any atom is 0.119 e. The fourth-order valence-corrected chi connectivity index (χ4v) is 2.27.